The Morgan fingerprint density at radius 1 is 1.50 bits per heavy atom. The lowest BCUT2D eigenvalue weighted by molar-refractivity contribution is 0.0805. The predicted octanol–water partition coefficient (Wildman–Crippen LogP) is 3.35. The van der Waals surface area contributed by atoms with Crippen LogP contribution in [0, 0.1) is 5.92 Å². The molecule has 2 heterocycles. The molecule has 0 aliphatic carbocycles. The first-order valence-electron chi connectivity index (χ1n) is 8.00. The fourth-order valence-corrected chi connectivity index (χ4v) is 3.91. The van der Waals surface area contributed by atoms with E-state index >= 15 is 0 Å². The van der Waals surface area contributed by atoms with Crippen LogP contribution in [0.25, 0.3) is 0 Å². The van der Waals surface area contributed by atoms with E-state index in [9.17, 15) is 0 Å². The van der Waals surface area contributed by atoms with Crippen LogP contribution in [0.4, 0.5) is 0 Å². The Labute approximate surface area is 127 Å². The van der Waals surface area contributed by atoms with Gasteiger partial charge in [0.25, 0.3) is 0 Å². The highest BCUT2D eigenvalue weighted by atomic mass is 32.1. The smallest absolute Gasteiger partial charge is 0.0965 e. The largest absolute Gasteiger partial charge is 0.314 e. The lowest BCUT2D eigenvalue weighted by Gasteiger charge is -2.44. The number of rotatable bonds is 6. The van der Waals surface area contributed by atoms with Crippen LogP contribution in [-0.4, -0.2) is 41.6 Å². The van der Waals surface area contributed by atoms with E-state index in [1.807, 2.05) is 6.20 Å². The molecular weight excluding hydrogens is 266 g/mol. The molecule has 3 nitrogen and oxygen atoms in total. The number of hydrogen-bond acceptors (Lipinski definition) is 4. The van der Waals surface area contributed by atoms with Crippen molar-refractivity contribution in [1.29, 1.82) is 0 Å². The molecule has 1 fully saturated rings. The van der Waals surface area contributed by atoms with Crippen LogP contribution in [0.5, 0.6) is 0 Å². The van der Waals surface area contributed by atoms with Crippen molar-refractivity contribution in [2.45, 2.75) is 58.5 Å². The van der Waals surface area contributed by atoms with Crippen LogP contribution >= 0.6 is 11.3 Å². The minimum Gasteiger partial charge on any atom is -0.314 e. The van der Waals surface area contributed by atoms with Gasteiger partial charge in [0.05, 0.1) is 5.01 Å². The monoisotopic (exact) mass is 295 g/mol. The zero-order valence-corrected chi connectivity index (χ0v) is 14.1. The summed E-state index contributed by atoms with van der Waals surface area (Å²) < 4.78 is 0. The standard InChI is InChI=1S/C16H29N3S/c1-5-7-17-15-6-9-19(14(4)13(15)3)11-12(2)16-18-8-10-20-16/h8,10,12-15,17H,5-7,9,11H2,1-4H3. The summed E-state index contributed by atoms with van der Waals surface area (Å²) in [5, 5.41) is 7.07. The second-order valence-electron chi connectivity index (χ2n) is 6.22. The molecular formula is C16H29N3S. The van der Waals surface area contributed by atoms with Gasteiger partial charge in [-0.25, -0.2) is 4.98 Å². The third-order valence-corrected chi connectivity index (χ3v) is 5.74. The summed E-state index contributed by atoms with van der Waals surface area (Å²) >= 11 is 1.78. The first-order valence-corrected chi connectivity index (χ1v) is 8.88. The highest BCUT2D eigenvalue weighted by Gasteiger charge is 2.32. The zero-order chi connectivity index (χ0) is 14.5. The van der Waals surface area contributed by atoms with Gasteiger partial charge in [-0.15, -0.1) is 11.3 Å². The number of nitrogens with zero attached hydrogens (tertiary/aromatic N) is 2. The van der Waals surface area contributed by atoms with Crippen molar-refractivity contribution in [3.8, 4) is 0 Å². The van der Waals surface area contributed by atoms with Crippen molar-refractivity contribution in [3.05, 3.63) is 16.6 Å². The number of likely N-dealkylation sites (tertiary alicyclic amines) is 1. The molecule has 1 aliphatic heterocycles. The van der Waals surface area contributed by atoms with Gasteiger partial charge in [0.2, 0.25) is 0 Å². The summed E-state index contributed by atoms with van der Waals surface area (Å²) in [7, 11) is 0. The molecule has 0 radical (unpaired) electrons. The average Bonchev–Trinajstić information content (AvgIpc) is 2.97. The SMILES string of the molecule is CCCNC1CCN(CC(C)c2nccs2)C(C)C1C. The quantitative estimate of drug-likeness (QED) is 0.872. The molecule has 114 valence electrons. The Hall–Kier alpha value is -0.450. The summed E-state index contributed by atoms with van der Waals surface area (Å²) in [5.74, 6) is 1.27. The van der Waals surface area contributed by atoms with Crippen LogP contribution in [0.1, 0.15) is 51.5 Å². The lowest BCUT2D eigenvalue weighted by Crippen LogP contribution is -2.54. The van der Waals surface area contributed by atoms with E-state index in [1.165, 1.54) is 24.4 Å². The molecule has 0 aromatic carbocycles. The minimum absolute atomic E-state index is 0.546. The van der Waals surface area contributed by atoms with Crippen molar-refractivity contribution in [2.24, 2.45) is 5.92 Å². The van der Waals surface area contributed by atoms with Crippen LogP contribution in [0.2, 0.25) is 0 Å². The van der Waals surface area contributed by atoms with Gasteiger partial charge >= 0.3 is 0 Å². The zero-order valence-electron chi connectivity index (χ0n) is 13.3. The molecule has 0 spiro atoms. The summed E-state index contributed by atoms with van der Waals surface area (Å²) in [6.45, 7) is 12.8. The van der Waals surface area contributed by atoms with Gasteiger partial charge in [0.1, 0.15) is 0 Å². The molecule has 20 heavy (non-hydrogen) atoms. The second kappa shape index (κ2) is 7.53. The Morgan fingerprint density at radius 3 is 2.95 bits per heavy atom. The molecule has 0 saturated carbocycles. The number of piperidine rings is 1. The Bertz CT molecular complexity index is 379. The maximum absolute atomic E-state index is 4.46. The molecule has 0 bridgehead atoms. The molecule has 1 aromatic rings. The Morgan fingerprint density at radius 2 is 2.30 bits per heavy atom. The van der Waals surface area contributed by atoms with E-state index in [1.54, 1.807) is 11.3 Å². The fourth-order valence-electron chi connectivity index (χ4n) is 3.22. The second-order valence-corrected chi connectivity index (χ2v) is 7.14. The number of hydrogen-bond donors (Lipinski definition) is 1. The van der Waals surface area contributed by atoms with Gasteiger partial charge in [-0.2, -0.15) is 0 Å². The van der Waals surface area contributed by atoms with E-state index in [4.69, 9.17) is 0 Å². The van der Waals surface area contributed by atoms with Crippen LogP contribution in [0.3, 0.4) is 0 Å². The topological polar surface area (TPSA) is 28.2 Å². The molecule has 2 rings (SSSR count). The van der Waals surface area contributed by atoms with Crippen molar-refractivity contribution in [3.63, 3.8) is 0 Å². The van der Waals surface area contributed by atoms with Gasteiger partial charge in [-0.05, 0) is 38.8 Å². The first kappa shape index (κ1) is 15.9. The number of thiazole rings is 1. The highest BCUT2D eigenvalue weighted by Crippen LogP contribution is 2.27. The van der Waals surface area contributed by atoms with Crippen molar-refractivity contribution in [1.82, 2.24) is 15.2 Å². The van der Waals surface area contributed by atoms with E-state index in [0.29, 0.717) is 18.0 Å². The molecule has 4 heteroatoms. The van der Waals surface area contributed by atoms with Gasteiger partial charge in [-0.1, -0.05) is 20.8 Å². The van der Waals surface area contributed by atoms with Crippen LogP contribution in [-0.2, 0) is 0 Å². The Balaban J connectivity index is 1.88. The van der Waals surface area contributed by atoms with Crippen molar-refractivity contribution in [2.75, 3.05) is 19.6 Å². The van der Waals surface area contributed by atoms with Gasteiger partial charge in [0, 0.05) is 36.1 Å². The van der Waals surface area contributed by atoms with Crippen molar-refractivity contribution >= 4 is 11.3 Å². The summed E-state index contributed by atoms with van der Waals surface area (Å²) in [6, 6.07) is 1.34. The maximum atomic E-state index is 4.46. The molecule has 1 N–H and O–H groups in total. The molecule has 1 aliphatic rings. The van der Waals surface area contributed by atoms with Gasteiger partial charge in [-0.3, -0.25) is 4.90 Å². The van der Waals surface area contributed by atoms with E-state index < -0.39 is 0 Å². The van der Waals surface area contributed by atoms with Gasteiger partial charge < -0.3 is 5.32 Å². The predicted molar refractivity (Wildman–Crippen MR) is 87.4 cm³/mol. The summed E-state index contributed by atoms with van der Waals surface area (Å²) in [6.07, 6.45) is 4.42. The van der Waals surface area contributed by atoms with Crippen LogP contribution in [0.15, 0.2) is 11.6 Å². The molecule has 4 unspecified atom stereocenters. The number of nitrogens with one attached hydrogen (secondary N) is 1. The molecule has 1 saturated heterocycles. The maximum Gasteiger partial charge on any atom is 0.0965 e. The van der Waals surface area contributed by atoms with Gasteiger partial charge in [0.15, 0.2) is 0 Å². The third kappa shape index (κ3) is 3.80. The fraction of sp³-hybridized carbons (Fsp3) is 0.812. The van der Waals surface area contributed by atoms with E-state index in [-0.39, 0.29) is 0 Å². The third-order valence-electron chi connectivity index (χ3n) is 4.74. The summed E-state index contributed by atoms with van der Waals surface area (Å²) in [5.41, 5.74) is 0. The van der Waals surface area contributed by atoms with Crippen LogP contribution < -0.4 is 5.32 Å². The molecule has 0 amide bonds. The normalized spacial score (nSPS) is 29.5. The minimum atomic E-state index is 0.546. The summed E-state index contributed by atoms with van der Waals surface area (Å²) in [4.78, 5) is 7.11. The molecule has 4 atom stereocenters. The first-order chi connectivity index (χ1) is 9.63. The van der Waals surface area contributed by atoms with E-state index in [0.717, 1.165) is 19.0 Å². The molecule has 1 aromatic heterocycles. The van der Waals surface area contributed by atoms with E-state index in [2.05, 4.69) is 48.3 Å². The lowest BCUT2D eigenvalue weighted by atomic mass is 9.86. The highest BCUT2D eigenvalue weighted by molar-refractivity contribution is 7.09. The Kier molecular flexibility index (Phi) is 6.00. The van der Waals surface area contributed by atoms with Crippen molar-refractivity contribution < 1.29 is 0 Å². The number of aromatic nitrogens is 1. The average molecular weight is 295 g/mol.